The van der Waals surface area contributed by atoms with Gasteiger partial charge >= 0.3 is 0 Å². The van der Waals surface area contributed by atoms with E-state index in [4.69, 9.17) is 10.8 Å². The number of nitrogens with one attached hydrogen (secondary N) is 1. The van der Waals surface area contributed by atoms with Gasteiger partial charge in [0.1, 0.15) is 0 Å². The van der Waals surface area contributed by atoms with E-state index in [1.165, 1.54) is 32.1 Å². The fraction of sp³-hybridized carbons (Fsp3) is 0.917. The van der Waals surface area contributed by atoms with Gasteiger partial charge in [-0.25, -0.2) is 0 Å². The Morgan fingerprint density at radius 1 is 1.38 bits per heavy atom. The second kappa shape index (κ2) is 6.74. The Bertz CT molecular complexity index is 217. The zero-order chi connectivity index (χ0) is 11.9. The molecule has 0 aromatic heterocycles. The van der Waals surface area contributed by atoms with Gasteiger partial charge in [-0.05, 0) is 31.6 Å². The number of nitrogens with two attached hydrogens (primary N) is 1. The van der Waals surface area contributed by atoms with E-state index in [0.717, 1.165) is 19.5 Å². The molecule has 1 fully saturated rings. The SMILES string of the molecule is CCNC(N)=NCC1(CCO)CCCCC1. The second-order valence-electron chi connectivity index (χ2n) is 4.77. The smallest absolute Gasteiger partial charge is 0.188 e. The summed E-state index contributed by atoms with van der Waals surface area (Å²) in [6, 6.07) is 0. The van der Waals surface area contributed by atoms with Gasteiger partial charge in [-0.3, -0.25) is 4.99 Å². The highest BCUT2D eigenvalue weighted by Gasteiger charge is 2.31. The highest BCUT2D eigenvalue weighted by Crippen LogP contribution is 2.39. The standard InChI is InChI=1S/C12H25N3O/c1-2-14-11(13)15-10-12(8-9-16)6-4-3-5-7-12/h16H,2-10H2,1H3,(H3,13,14,15). The van der Waals surface area contributed by atoms with Gasteiger partial charge in [-0.2, -0.15) is 0 Å². The summed E-state index contributed by atoms with van der Waals surface area (Å²) in [6.07, 6.45) is 7.05. The molecule has 4 heteroatoms. The first-order chi connectivity index (χ1) is 7.72. The van der Waals surface area contributed by atoms with Crippen LogP contribution in [0.2, 0.25) is 0 Å². The van der Waals surface area contributed by atoms with Crippen LogP contribution in [0.5, 0.6) is 0 Å². The molecule has 0 spiro atoms. The predicted molar refractivity (Wildman–Crippen MR) is 67.4 cm³/mol. The Labute approximate surface area is 98.3 Å². The normalized spacial score (nSPS) is 20.8. The summed E-state index contributed by atoms with van der Waals surface area (Å²) in [5.41, 5.74) is 5.93. The lowest BCUT2D eigenvalue weighted by Crippen LogP contribution is -2.35. The van der Waals surface area contributed by atoms with Crippen LogP contribution in [0.25, 0.3) is 0 Å². The van der Waals surface area contributed by atoms with Gasteiger partial charge in [0.25, 0.3) is 0 Å². The Morgan fingerprint density at radius 2 is 2.06 bits per heavy atom. The maximum absolute atomic E-state index is 9.16. The zero-order valence-electron chi connectivity index (χ0n) is 10.3. The molecule has 0 radical (unpaired) electrons. The molecule has 0 atom stereocenters. The van der Waals surface area contributed by atoms with E-state index in [-0.39, 0.29) is 12.0 Å². The predicted octanol–water partition coefficient (Wildman–Crippen LogP) is 1.24. The molecule has 0 amide bonds. The third-order valence-electron chi connectivity index (χ3n) is 3.50. The van der Waals surface area contributed by atoms with Crippen molar-refractivity contribution >= 4 is 5.96 Å². The molecule has 0 aromatic rings. The van der Waals surface area contributed by atoms with Crippen LogP contribution in [-0.2, 0) is 0 Å². The molecular formula is C12H25N3O. The second-order valence-corrected chi connectivity index (χ2v) is 4.77. The largest absolute Gasteiger partial charge is 0.396 e. The molecule has 16 heavy (non-hydrogen) atoms. The van der Waals surface area contributed by atoms with E-state index < -0.39 is 0 Å². The number of aliphatic imine (C=N–C) groups is 1. The lowest BCUT2D eigenvalue weighted by molar-refractivity contribution is 0.137. The van der Waals surface area contributed by atoms with Crippen LogP contribution >= 0.6 is 0 Å². The van der Waals surface area contributed by atoms with E-state index in [1.807, 2.05) is 6.92 Å². The number of aliphatic hydroxyl groups excluding tert-OH is 1. The maximum atomic E-state index is 9.16. The Morgan fingerprint density at radius 3 is 2.62 bits per heavy atom. The first-order valence-electron chi connectivity index (χ1n) is 6.37. The van der Waals surface area contributed by atoms with Gasteiger partial charge in [0.15, 0.2) is 5.96 Å². The van der Waals surface area contributed by atoms with Crippen LogP contribution in [0.1, 0.15) is 45.4 Å². The molecule has 0 heterocycles. The molecule has 0 aromatic carbocycles. The van der Waals surface area contributed by atoms with E-state index in [9.17, 15) is 0 Å². The lowest BCUT2D eigenvalue weighted by Gasteiger charge is -2.35. The van der Waals surface area contributed by atoms with Crippen molar-refractivity contribution in [2.24, 2.45) is 16.1 Å². The van der Waals surface area contributed by atoms with Crippen LogP contribution in [0.4, 0.5) is 0 Å². The van der Waals surface area contributed by atoms with Crippen LogP contribution in [-0.4, -0.2) is 30.8 Å². The van der Waals surface area contributed by atoms with Gasteiger partial charge in [0.05, 0.1) is 0 Å². The molecule has 0 saturated heterocycles. The van der Waals surface area contributed by atoms with E-state index >= 15 is 0 Å². The van der Waals surface area contributed by atoms with Gasteiger partial charge < -0.3 is 16.2 Å². The van der Waals surface area contributed by atoms with Gasteiger partial charge in [-0.1, -0.05) is 19.3 Å². The van der Waals surface area contributed by atoms with Crippen molar-refractivity contribution in [1.82, 2.24) is 5.32 Å². The summed E-state index contributed by atoms with van der Waals surface area (Å²) in [5.74, 6) is 0.533. The first kappa shape index (κ1) is 13.3. The summed E-state index contributed by atoms with van der Waals surface area (Å²) >= 11 is 0. The number of nitrogens with zero attached hydrogens (tertiary/aromatic N) is 1. The summed E-state index contributed by atoms with van der Waals surface area (Å²) in [5, 5.41) is 12.2. The van der Waals surface area contributed by atoms with E-state index in [1.54, 1.807) is 0 Å². The summed E-state index contributed by atoms with van der Waals surface area (Å²) in [7, 11) is 0. The molecule has 1 rings (SSSR count). The van der Waals surface area contributed by atoms with Crippen molar-refractivity contribution in [2.45, 2.75) is 45.4 Å². The fourth-order valence-electron chi connectivity index (χ4n) is 2.52. The van der Waals surface area contributed by atoms with Crippen molar-refractivity contribution in [1.29, 1.82) is 0 Å². The molecular weight excluding hydrogens is 202 g/mol. The minimum atomic E-state index is 0.201. The zero-order valence-corrected chi connectivity index (χ0v) is 10.3. The molecule has 94 valence electrons. The number of rotatable bonds is 5. The average Bonchev–Trinajstić information content (AvgIpc) is 2.29. The molecule has 1 aliphatic carbocycles. The average molecular weight is 227 g/mol. The quantitative estimate of drug-likeness (QED) is 0.489. The third-order valence-corrected chi connectivity index (χ3v) is 3.50. The van der Waals surface area contributed by atoms with Crippen molar-refractivity contribution in [3.63, 3.8) is 0 Å². The highest BCUT2D eigenvalue weighted by molar-refractivity contribution is 5.77. The number of hydrogen-bond acceptors (Lipinski definition) is 2. The van der Waals surface area contributed by atoms with Crippen LogP contribution < -0.4 is 11.1 Å². The molecule has 4 nitrogen and oxygen atoms in total. The lowest BCUT2D eigenvalue weighted by atomic mass is 9.72. The molecule has 1 saturated carbocycles. The minimum absolute atomic E-state index is 0.201. The van der Waals surface area contributed by atoms with Crippen molar-refractivity contribution in [3.05, 3.63) is 0 Å². The topological polar surface area (TPSA) is 70.6 Å². The molecule has 0 bridgehead atoms. The Balaban J connectivity index is 2.52. The molecule has 0 unspecified atom stereocenters. The van der Waals surface area contributed by atoms with Crippen molar-refractivity contribution in [3.8, 4) is 0 Å². The van der Waals surface area contributed by atoms with Crippen molar-refractivity contribution in [2.75, 3.05) is 19.7 Å². The summed E-state index contributed by atoms with van der Waals surface area (Å²) in [6.45, 7) is 3.83. The maximum Gasteiger partial charge on any atom is 0.188 e. The van der Waals surface area contributed by atoms with Crippen LogP contribution in [0.15, 0.2) is 4.99 Å². The Hall–Kier alpha value is -0.770. The van der Waals surface area contributed by atoms with Gasteiger partial charge in [0.2, 0.25) is 0 Å². The van der Waals surface area contributed by atoms with Crippen LogP contribution in [0, 0.1) is 5.41 Å². The summed E-state index contributed by atoms with van der Waals surface area (Å²) < 4.78 is 0. The molecule has 4 N–H and O–H groups in total. The van der Waals surface area contributed by atoms with E-state index in [2.05, 4.69) is 10.3 Å². The number of aliphatic hydroxyl groups is 1. The van der Waals surface area contributed by atoms with E-state index in [0.29, 0.717) is 5.96 Å². The minimum Gasteiger partial charge on any atom is -0.396 e. The van der Waals surface area contributed by atoms with Gasteiger partial charge in [0, 0.05) is 19.7 Å². The summed E-state index contributed by atoms with van der Waals surface area (Å²) in [4.78, 5) is 4.40. The van der Waals surface area contributed by atoms with Crippen LogP contribution in [0.3, 0.4) is 0 Å². The fourth-order valence-corrected chi connectivity index (χ4v) is 2.52. The molecule has 0 aliphatic heterocycles. The third kappa shape index (κ3) is 4.00. The number of hydrogen-bond donors (Lipinski definition) is 3. The molecule has 1 aliphatic rings. The Kier molecular flexibility index (Phi) is 5.60. The monoisotopic (exact) mass is 227 g/mol. The van der Waals surface area contributed by atoms with Gasteiger partial charge in [-0.15, -0.1) is 0 Å². The first-order valence-corrected chi connectivity index (χ1v) is 6.37. The van der Waals surface area contributed by atoms with Crippen molar-refractivity contribution < 1.29 is 5.11 Å². The number of guanidine groups is 1. The highest BCUT2D eigenvalue weighted by atomic mass is 16.3.